The van der Waals surface area contributed by atoms with Crippen molar-refractivity contribution in [2.45, 2.75) is 12.5 Å². The number of methoxy groups -OCH3 is 1. The topological polar surface area (TPSA) is 87.3 Å². The fourth-order valence-corrected chi connectivity index (χ4v) is 2.88. The summed E-state index contributed by atoms with van der Waals surface area (Å²) in [5, 5.41) is 2.97. The van der Waals surface area contributed by atoms with Gasteiger partial charge < -0.3 is 19.9 Å². The summed E-state index contributed by atoms with van der Waals surface area (Å²) in [5.74, 6) is 0.387. The van der Waals surface area contributed by atoms with Crippen LogP contribution in [0.5, 0.6) is 0 Å². The fraction of sp³-hybridized carbons (Fsp3) is 0.250. The lowest BCUT2D eigenvalue weighted by atomic mass is 10.1. The summed E-state index contributed by atoms with van der Waals surface area (Å²) in [4.78, 5) is 33.1. The molecule has 1 unspecified atom stereocenters. The van der Waals surface area contributed by atoms with Gasteiger partial charge in [0, 0.05) is 7.05 Å². The second-order valence-electron chi connectivity index (χ2n) is 6.28. The number of nitrogens with zero attached hydrogens (tertiary/aromatic N) is 2. The van der Waals surface area contributed by atoms with E-state index in [1.165, 1.54) is 19.1 Å². The molecule has 2 aromatic carbocycles. The number of para-hydroxylation sites is 2. The zero-order valence-electron chi connectivity index (χ0n) is 15.3. The van der Waals surface area contributed by atoms with Crippen molar-refractivity contribution in [3.8, 4) is 0 Å². The van der Waals surface area contributed by atoms with Crippen LogP contribution in [0.2, 0.25) is 0 Å². The van der Waals surface area contributed by atoms with Gasteiger partial charge in [-0.05, 0) is 24.1 Å². The van der Waals surface area contributed by atoms with Gasteiger partial charge in [0.15, 0.2) is 0 Å². The molecule has 0 aliphatic rings. The molecule has 0 aliphatic heterocycles. The van der Waals surface area contributed by atoms with E-state index < -0.39 is 6.09 Å². The van der Waals surface area contributed by atoms with Gasteiger partial charge in [0.1, 0.15) is 12.4 Å². The van der Waals surface area contributed by atoms with E-state index in [4.69, 9.17) is 0 Å². The molecule has 27 heavy (non-hydrogen) atoms. The average Bonchev–Trinajstić information content (AvgIpc) is 3.11. The maximum atomic E-state index is 12.5. The van der Waals surface area contributed by atoms with Crippen LogP contribution in [0, 0.1) is 0 Å². The Morgan fingerprint density at radius 2 is 1.85 bits per heavy atom. The molecule has 0 aliphatic carbocycles. The summed E-state index contributed by atoms with van der Waals surface area (Å²) in [7, 11) is 2.79. The number of aromatic amines is 1. The molecule has 0 radical (unpaired) electrons. The number of hydrogen-bond donors (Lipinski definition) is 2. The Balaban J connectivity index is 1.81. The van der Waals surface area contributed by atoms with E-state index in [1.807, 2.05) is 54.6 Å². The molecule has 1 heterocycles. The Kier molecular flexibility index (Phi) is 5.71. The van der Waals surface area contributed by atoms with Gasteiger partial charge in [0.05, 0.1) is 24.2 Å². The van der Waals surface area contributed by atoms with Crippen molar-refractivity contribution in [2.75, 3.05) is 20.7 Å². The predicted molar refractivity (Wildman–Crippen MR) is 102 cm³/mol. The molecule has 0 saturated heterocycles. The highest BCUT2D eigenvalue weighted by Crippen LogP contribution is 2.20. The molecule has 1 aromatic heterocycles. The molecule has 0 bridgehead atoms. The van der Waals surface area contributed by atoms with Crippen LogP contribution in [-0.4, -0.2) is 47.6 Å². The third kappa shape index (κ3) is 4.63. The van der Waals surface area contributed by atoms with E-state index in [-0.39, 0.29) is 18.5 Å². The predicted octanol–water partition coefficient (Wildman–Crippen LogP) is 2.66. The van der Waals surface area contributed by atoms with Gasteiger partial charge in [0.2, 0.25) is 5.91 Å². The minimum absolute atomic E-state index is 0.0990. The molecule has 2 N–H and O–H groups in total. The van der Waals surface area contributed by atoms with Crippen molar-refractivity contribution < 1.29 is 14.3 Å². The molecular weight excluding hydrogens is 344 g/mol. The van der Waals surface area contributed by atoms with Crippen LogP contribution in [0.3, 0.4) is 0 Å². The normalized spacial score (nSPS) is 11.8. The summed E-state index contributed by atoms with van der Waals surface area (Å²) >= 11 is 0. The van der Waals surface area contributed by atoms with Gasteiger partial charge in [-0.15, -0.1) is 0 Å². The second kappa shape index (κ2) is 8.35. The minimum Gasteiger partial charge on any atom is -0.453 e. The number of rotatable bonds is 6. The number of imidazole rings is 1. The smallest absolute Gasteiger partial charge is 0.409 e. The highest BCUT2D eigenvalue weighted by molar-refractivity contribution is 5.82. The molecule has 0 spiro atoms. The second-order valence-corrected chi connectivity index (χ2v) is 6.28. The van der Waals surface area contributed by atoms with Crippen molar-refractivity contribution in [1.82, 2.24) is 20.2 Å². The molecule has 7 nitrogen and oxygen atoms in total. The third-order valence-corrected chi connectivity index (χ3v) is 4.22. The van der Waals surface area contributed by atoms with Crippen molar-refractivity contribution in [1.29, 1.82) is 0 Å². The molecule has 140 valence electrons. The number of nitrogens with one attached hydrogen (secondary N) is 2. The molecule has 0 saturated carbocycles. The van der Waals surface area contributed by atoms with Crippen LogP contribution in [0.4, 0.5) is 4.79 Å². The van der Waals surface area contributed by atoms with Crippen LogP contribution in [-0.2, 0) is 16.0 Å². The van der Waals surface area contributed by atoms with E-state index in [9.17, 15) is 9.59 Å². The summed E-state index contributed by atoms with van der Waals surface area (Å²) in [6.45, 7) is -0.0990. The zero-order valence-corrected chi connectivity index (χ0v) is 15.3. The Morgan fingerprint density at radius 3 is 2.56 bits per heavy atom. The molecule has 3 rings (SSSR count). The van der Waals surface area contributed by atoms with Crippen molar-refractivity contribution >= 4 is 23.0 Å². The molecule has 3 aromatic rings. The average molecular weight is 366 g/mol. The number of hydrogen-bond acceptors (Lipinski definition) is 4. The van der Waals surface area contributed by atoms with E-state index >= 15 is 0 Å². The number of carbonyl (C=O) groups excluding carboxylic acids is 2. The van der Waals surface area contributed by atoms with Crippen molar-refractivity contribution in [2.24, 2.45) is 0 Å². The number of H-pyrrole nitrogens is 1. The summed E-state index contributed by atoms with van der Waals surface area (Å²) in [6, 6.07) is 17.2. The van der Waals surface area contributed by atoms with Crippen molar-refractivity contribution in [3.05, 3.63) is 66.0 Å². The fourth-order valence-electron chi connectivity index (χ4n) is 2.88. The Labute approximate surface area is 157 Å². The number of carbonyl (C=O) groups is 2. The standard InChI is InChI=1S/C20H22N4O3/c1-24(20(26)27-2)13-18(25)21-17(12-14-8-4-3-5-9-14)19-22-15-10-6-7-11-16(15)23-19/h3-11,17H,12-13H2,1-2H3,(H,21,25)(H,22,23). The first-order valence-electron chi connectivity index (χ1n) is 8.64. The van der Waals surface area contributed by atoms with Gasteiger partial charge >= 0.3 is 6.09 Å². The van der Waals surface area contributed by atoms with E-state index in [1.54, 1.807) is 0 Å². The van der Waals surface area contributed by atoms with Gasteiger partial charge in [-0.1, -0.05) is 42.5 Å². The Hall–Kier alpha value is -3.35. The maximum absolute atomic E-state index is 12.5. The molecule has 0 fully saturated rings. The largest absolute Gasteiger partial charge is 0.453 e. The van der Waals surface area contributed by atoms with Gasteiger partial charge in [-0.3, -0.25) is 4.79 Å². The first kappa shape index (κ1) is 18.4. The van der Waals surface area contributed by atoms with Crippen LogP contribution in [0.1, 0.15) is 17.4 Å². The van der Waals surface area contributed by atoms with Gasteiger partial charge in [-0.25, -0.2) is 9.78 Å². The number of likely N-dealkylation sites (N-methyl/N-ethyl adjacent to an activating group) is 1. The SMILES string of the molecule is COC(=O)N(C)CC(=O)NC(Cc1ccccc1)c1nc2ccccc2[nH]1. The van der Waals surface area contributed by atoms with Crippen LogP contribution >= 0.6 is 0 Å². The third-order valence-electron chi connectivity index (χ3n) is 4.22. The van der Waals surface area contributed by atoms with Gasteiger partial charge in [-0.2, -0.15) is 0 Å². The molecule has 7 heteroatoms. The Bertz CT molecular complexity index is 890. The molecule has 2 amide bonds. The number of fused-ring (bicyclic) bond motifs is 1. The van der Waals surface area contributed by atoms with Crippen LogP contribution in [0.15, 0.2) is 54.6 Å². The van der Waals surface area contributed by atoms with E-state index in [0.29, 0.717) is 12.2 Å². The quantitative estimate of drug-likeness (QED) is 0.702. The van der Waals surface area contributed by atoms with E-state index in [2.05, 4.69) is 20.0 Å². The first-order chi connectivity index (χ1) is 13.1. The lowest BCUT2D eigenvalue weighted by Crippen LogP contribution is -2.40. The molecule has 1 atom stereocenters. The summed E-state index contributed by atoms with van der Waals surface area (Å²) in [5.41, 5.74) is 2.82. The Morgan fingerprint density at radius 1 is 1.15 bits per heavy atom. The van der Waals surface area contributed by atoms with Crippen molar-refractivity contribution in [3.63, 3.8) is 0 Å². The number of amides is 2. The lowest BCUT2D eigenvalue weighted by Gasteiger charge is -2.20. The highest BCUT2D eigenvalue weighted by atomic mass is 16.5. The number of ether oxygens (including phenoxy) is 1. The monoisotopic (exact) mass is 366 g/mol. The zero-order chi connectivity index (χ0) is 19.2. The molecular formula is C20H22N4O3. The summed E-state index contributed by atoms with van der Waals surface area (Å²) < 4.78 is 4.63. The first-order valence-corrected chi connectivity index (χ1v) is 8.64. The van der Waals surface area contributed by atoms with Crippen LogP contribution < -0.4 is 5.32 Å². The number of aromatic nitrogens is 2. The minimum atomic E-state index is -0.562. The summed E-state index contributed by atoms with van der Waals surface area (Å²) in [6.07, 6.45) is 0.0161. The van der Waals surface area contributed by atoms with Crippen LogP contribution in [0.25, 0.3) is 11.0 Å². The maximum Gasteiger partial charge on any atom is 0.409 e. The lowest BCUT2D eigenvalue weighted by molar-refractivity contribution is -0.122. The van der Waals surface area contributed by atoms with Gasteiger partial charge in [0.25, 0.3) is 0 Å². The van der Waals surface area contributed by atoms with E-state index in [0.717, 1.165) is 16.6 Å². The number of benzene rings is 2. The highest BCUT2D eigenvalue weighted by Gasteiger charge is 2.21.